The van der Waals surface area contributed by atoms with Gasteiger partial charge in [-0.05, 0) is 42.8 Å². The zero-order chi connectivity index (χ0) is 24.2. The Morgan fingerprint density at radius 3 is 2.35 bits per heavy atom. The third kappa shape index (κ3) is 3.41. The molecule has 3 amide bonds. The van der Waals surface area contributed by atoms with Crippen molar-refractivity contribution in [1.82, 2.24) is 9.62 Å². The summed E-state index contributed by atoms with van der Waals surface area (Å²) < 4.78 is 42.3. The van der Waals surface area contributed by atoms with Crippen molar-refractivity contribution in [2.45, 2.75) is 23.4 Å². The Bertz CT molecular complexity index is 1410. The van der Waals surface area contributed by atoms with E-state index in [1.54, 1.807) is 18.2 Å². The molecular weight excluding hydrogens is 459 g/mol. The van der Waals surface area contributed by atoms with Crippen molar-refractivity contribution in [2.75, 3.05) is 30.4 Å². The smallest absolute Gasteiger partial charge is 0.329 e. The Hall–Kier alpha value is -3.50. The van der Waals surface area contributed by atoms with E-state index in [0.717, 1.165) is 28.1 Å². The molecule has 2 saturated heterocycles. The summed E-state index contributed by atoms with van der Waals surface area (Å²) in [6.07, 6.45) is 0.312. The highest BCUT2D eigenvalue weighted by atomic mass is 32.2. The molecule has 3 aromatic carbocycles. The number of nitrogens with one attached hydrogen (secondary N) is 1. The maximum Gasteiger partial charge on any atom is 0.329 e. The number of halogens is 1. The molecule has 10 heteroatoms. The molecular formula is C24H23FN4O4S. The molecule has 0 bridgehead atoms. The SMILES string of the molecule is CN(C)c1cccc2c(S(=O)(=O)N3CC[C@@H]4NC(=O)N(c5ccc(F)cc5)C(=O)[C@H]43)cccc12. The van der Waals surface area contributed by atoms with E-state index in [1.807, 2.05) is 31.1 Å². The molecule has 2 aliphatic rings. The zero-order valence-electron chi connectivity index (χ0n) is 18.6. The predicted octanol–water partition coefficient (Wildman–Crippen LogP) is 2.93. The third-order valence-corrected chi connectivity index (χ3v) is 8.29. The molecule has 2 fully saturated rings. The van der Waals surface area contributed by atoms with Gasteiger partial charge in [-0.15, -0.1) is 0 Å². The Balaban J connectivity index is 1.57. The Morgan fingerprint density at radius 1 is 0.971 bits per heavy atom. The number of benzene rings is 3. The van der Waals surface area contributed by atoms with Crippen LogP contribution in [-0.2, 0) is 14.8 Å². The normalized spacial score (nSPS) is 21.0. The first-order valence-electron chi connectivity index (χ1n) is 10.8. The average molecular weight is 483 g/mol. The van der Waals surface area contributed by atoms with Crippen molar-refractivity contribution in [3.05, 3.63) is 66.5 Å². The minimum Gasteiger partial charge on any atom is -0.377 e. The zero-order valence-corrected chi connectivity index (χ0v) is 19.4. The molecule has 0 aliphatic carbocycles. The summed E-state index contributed by atoms with van der Waals surface area (Å²) in [4.78, 5) is 29.0. The Kier molecular flexibility index (Phi) is 5.29. The number of amides is 3. The molecule has 2 heterocycles. The fraction of sp³-hybridized carbons (Fsp3) is 0.250. The molecule has 0 saturated carbocycles. The molecule has 0 aromatic heterocycles. The molecule has 3 aromatic rings. The average Bonchev–Trinajstić information content (AvgIpc) is 3.24. The van der Waals surface area contributed by atoms with Crippen LogP contribution in [0.3, 0.4) is 0 Å². The van der Waals surface area contributed by atoms with Crippen LogP contribution < -0.4 is 15.1 Å². The van der Waals surface area contributed by atoms with Crippen LogP contribution in [0, 0.1) is 5.82 Å². The second kappa shape index (κ2) is 8.07. The number of carbonyl (C=O) groups is 2. The first-order chi connectivity index (χ1) is 16.2. The van der Waals surface area contributed by atoms with Crippen molar-refractivity contribution < 1.29 is 22.4 Å². The van der Waals surface area contributed by atoms with E-state index in [1.165, 1.54) is 22.5 Å². The maximum absolute atomic E-state index is 13.9. The number of carbonyl (C=O) groups excluding carboxylic acids is 2. The van der Waals surface area contributed by atoms with Crippen LogP contribution in [0.15, 0.2) is 65.6 Å². The van der Waals surface area contributed by atoms with Gasteiger partial charge in [0.25, 0.3) is 5.91 Å². The van der Waals surface area contributed by atoms with Crippen LogP contribution in [0.1, 0.15) is 6.42 Å². The quantitative estimate of drug-likeness (QED) is 0.618. The molecule has 2 aliphatic heterocycles. The van der Waals surface area contributed by atoms with Crippen molar-refractivity contribution in [3.8, 4) is 0 Å². The van der Waals surface area contributed by atoms with Gasteiger partial charge in [-0.25, -0.2) is 22.5 Å². The van der Waals surface area contributed by atoms with Crippen molar-refractivity contribution >= 4 is 44.1 Å². The van der Waals surface area contributed by atoms with Crippen LogP contribution in [0.4, 0.5) is 20.6 Å². The standard InChI is InChI=1S/C24H23FN4O4S/c1-27(2)20-7-3-6-18-17(20)5-4-8-21(18)34(32,33)28-14-13-19-22(28)23(30)29(24(31)26-19)16-11-9-15(25)10-12-16/h3-12,19,22H,13-14H2,1-2H3,(H,26,31)/t19-,22-/m0/s1. The number of hydrogen-bond acceptors (Lipinski definition) is 5. The van der Waals surface area contributed by atoms with E-state index in [-0.39, 0.29) is 17.1 Å². The monoisotopic (exact) mass is 482 g/mol. The number of urea groups is 1. The van der Waals surface area contributed by atoms with E-state index in [0.29, 0.717) is 11.8 Å². The van der Waals surface area contributed by atoms with Gasteiger partial charge in [0.2, 0.25) is 10.0 Å². The lowest BCUT2D eigenvalue weighted by Crippen LogP contribution is -2.64. The van der Waals surface area contributed by atoms with E-state index < -0.39 is 39.9 Å². The second-order valence-corrected chi connectivity index (χ2v) is 10.4. The molecule has 0 unspecified atom stereocenters. The van der Waals surface area contributed by atoms with Crippen molar-refractivity contribution in [1.29, 1.82) is 0 Å². The molecule has 5 rings (SSSR count). The molecule has 0 radical (unpaired) electrons. The van der Waals surface area contributed by atoms with E-state index >= 15 is 0 Å². The van der Waals surface area contributed by atoms with Gasteiger partial charge in [0.15, 0.2) is 0 Å². The number of nitrogens with zero attached hydrogens (tertiary/aromatic N) is 3. The number of rotatable bonds is 4. The summed E-state index contributed by atoms with van der Waals surface area (Å²) >= 11 is 0. The van der Waals surface area contributed by atoms with Gasteiger partial charge >= 0.3 is 6.03 Å². The first-order valence-corrected chi connectivity index (χ1v) is 12.2. The summed E-state index contributed by atoms with van der Waals surface area (Å²) in [7, 11) is -0.318. The fourth-order valence-corrected chi connectivity index (χ4v) is 6.62. The van der Waals surface area contributed by atoms with E-state index in [4.69, 9.17) is 0 Å². The number of sulfonamides is 1. The van der Waals surface area contributed by atoms with E-state index in [2.05, 4.69) is 5.32 Å². The summed E-state index contributed by atoms with van der Waals surface area (Å²) in [6, 6.07) is 13.1. The fourth-order valence-electron chi connectivity index (χ4n) is 4.78. The summed E-state index contributed by atoms with van der Waals surface area (Å²) in [5, 5.41) is 4.08. The lowest BCUT2D eigenvalue weighted by atomic mass is 10.1. The topological polar surface area (TPSA) is 90.0 Å². The van der Waals surface area contributed by atoms with Crippen molar-refractivity contribution in [2.24, 2.45) is 0 Å². The van der Waals surface area contributed by atoms with E-state index in [9.17, 15) is 22.4 Å². The molecule has 176 valence electrons. The summed E-state index contributed by atoms with van der Waals surface area (Å²) in [6.45, 7) is 0.0880. The van der Waals surface area contributed by atoms with Crippen LogP contribution in [0.2, 0.25) is 0 Å². The van der Waals surface area contributed by atoms with Gasteiger partial charge in [0, 0.05) is 37.1 Å². The molecule has 1 N–H and O–H groups in total. The third-order valence-electron chi connectivity index (χ3n) is 6.35. The molecule has 0 spiro atoms. The molecule has 8 nitrogen and oxygen atoms in total. The van der Waals surface area contributed by atoms with Gasteiger partial charge in [-0.2, -0.15) is 4.31 Å². The minimum absolute atomic E-state index is 0.0880. The van der Waals surface area contributed by atoms with Crippen LogP contribution in [0.5, 0.6) is 0 Å². The highest BCUT2D eigenvalue weighted by Crippen LogP contribution is 2.36. The highest BCUT2D eigenvalue weighted by molar-refractivity contribution is 7.89. The number of fused-ring (bicyclic) bond motifs is 2. The summed E-state index contributed by atoms with van der Waals surface area (Å²) in [5.74, 6) is -1.17. The number of imide groups is 1. The van der Waals surface area contributed by atoms with Gasteiger partial charge < -0.3 is 10.2 Å². The number of hydrogen-bond donors (Lipinski definition) is 1. The van der Waals surface area contributed by atoms with Crippen LogP contribution in [-0.4, -0.2) is 57.4 Å². The Morgan fingerprint density at radius 2 is 1.65 bits per heavy atom. The lowest BCUT2D eigenvalue weighted by Gasteiger charge is -2.36. The summed E-state index contributed by atoms with van der Waals surface area (Å²) in [5.41, 5.74) is 1.05. The Labute approximate surface area is 196 Å². The van der Waals surface area contributed by atoms with Gasteiger partial charge in [0.1, 0.15) is 11.9 Å². The maximum atomic E-state index is 13.9. The van der Waals surface area contributed by atoms with Gasteiger partial charge in [0.05, 0.1) is 16.6 Å². The van der Waals surface area contributed by atoms with Crippen LogP contribution >= 0.6 is 0 Å². The second-order valence-electron chi connectivity index (χ2n) is 8.58. The molecule has 2 atom stereocenters. The van der Waals surface area contributed by atoms with Gasteiger partial charge in [-0.1, -0.05) is 24.3 Å². The first kappa shape index (κ1) is 22.3. The lowest BCUT2D eigenvalue weighted by molar-refractivity contribution is -0.122. The minimum atomic E-state index is -4.08. The molecule has 34 heavy (non-hydrogen) atoms. The van der Waals surface area contributed by atoms with Gasteiger partial charge in [-0.3, -0.25) is 4.79 Å². The van der Waals surface area contributed by atoms with Crippen molar-refractivity contribution in [3.63, 3.8) is 0 Å². The highest BCUT2D eigenvalue weighted by Gasteiger charge is 2.52. The number of anilines is 2. The van der Waals surface area contributed by atoms with Crippen LogP contribution in [0.25, 0.3) is 10.8 Å². The largest absolute Gasteiger partial charge is 0.377 e. The predicted molar refractivity (Wildman–Crippen MR) is 127 cm³/mol.